The SMILES string of the molecule is N=C(N)c1ccc(O)c(/C=C/CNC(=O)c2ccc(-c3ccc(=O)[nH]c3)cc2)c1. The topological polar surface area (TPSA) is 132 Å². The van der Waals surface area contributed by atoms with Crippen molar-refractivity contribution in [1.29, 1.82) is 5.41 Å². The molecule has 29 heavy (non-hydrogen) atoms. The first kappa shape index (κ1) is 19.6. The fourth-order valence-corrected chi connectivity index (χ4v) is 2.70. The molecule has 146 valence electrons. The van der Waals surface area contributed by atoms with Gasteiger partial charge in [-0.3, -0.25) is 15.0 Å². The van der Waals surface area contributed by atoms with Crippen LogP contribution in [0.3, 0.4) is 0 Å². The van der Waals surface area contributed by atoms with Crippen LogP contribution in [0.25, 0.3) is 17.2 Å². The molecular formula is C22H20N4O3. The van der Waals surface area contributed by atoms with Gasteiger partial charge in [-0.25, -0.2) is 0 Å². The number of H-pyrrole nitrogens is 1. The summed E-state index contributed by atoms with van der Waals surface area (Å²) in [5, 5.41) is 20.1. The zero-order valence-electron chi connectivity index (χ0n) is 15.5. The molecule has 3 rings (SSSR count). The van der Waals surface area contributed by atoms with Crippen LogP contribution in [0.5, 0.6) is 5.75 Å². The number of aromatic amines is 1. The summed E-state index contributed by atoms with van der Waals surface area (Å²) < 4.78 is 0. The Balaban J connectivity index is 1.60. The van der Waals surface area contributed by atoms with Gasteiger partial charge in [0.1, 0.15) is 11.6 Å². The molecule has 0 atom stereocenters. The van der Waals surface area contributed by atoms with Crippen LogP contribution < -0.4 is 16.6 Å². The predicted molar refractivity (Wildman–Crippen MR) is 113 cm³/mol. The van der Waals surface area contributed by atoms with Gasteiger partial charge in [0.15, 0.2) is 0 Å². The van der Waals surface area contributed by atoms with Crippen molar-refractivity contribution in [3.05, 3.63) is 93.9 Å². The highest BCUT2D eigenvalue weighted by molar-refractivity contribution is 5.96. The number of nitrogens with one attached hydrogen (secondary N) is 3. The van der Waals surface area contributed by atoms with Crippen LogP contribution in [0, 0.1) is 5.41 Å². The number of phenolic OH excluding ortho intramolecular Hbond substituents is 1. The van der Waals surface area contributed by atoms with Crippen molar-refractivity contribution in [3.63, 3.8) is 0 Å². The van der Waals surface area contributed by atoms with Crippen molar-refractivity contribution in [3.8, 4) is 16.9 Å². The number of carbonyl (C=O) groups excluding carboxylic acids is 1. The number of nitrogen functional groups attached to an aromatic ring is 1. The van der Waals surface area contributed by atoms with Crippen molar-refractivity contribution in [2.45, 2.75) is 0 Å². The predicted octanol–water partition coefficient (Wildman–Crippen LogP) is 2.47. The highest BCUT2D eigenvalue weighted by Gasteiger charge is 2.05. The molecular weight excluding hydrogens is 368 g/mol. The Kier molecular flexibility index (Phi) is 5.89. The number of amides is 1. The summed E-state index contributed by atoms with van der Waals surface area (Å²) in [6.45, 7) is 0.268. The van der Waals surface area contributed by atoms with Gasteiger partial charge in [-0.2, -0.15) is 0 Å². The fourth-order valence-electron chi connectivity index (χ4n) is 2.70. The average Bonchev–Trinajstić information content (AvgIpc) is 2.72. The summed E-state index contributed by atoms with van der Waals surface area (Å²) in [5.74, 6) is -0.252. The van der Waals surface area contributed by atoms with Gasteiger partial charge in [-0.05, 0) is 47.5 Å². The van der Waals surface area contributed by atoms with Crippen LogP contribution in [-0.4, -0.2) is 28.4 Å². The monoisotopic (exact) mass is 388 g/mol. The lowest BCUT2D eigenvalue weighted by Gasteiger charge is -2.05. The van der Waals surface area contributed by atoms with Gasteiger partial charge in [-0.1, -0.05) is 24.3 Å². The number of amidine groups is 1. The third kappa shape index (κ3) is 4.98. The minimum atomic E-state index is -0.232. The zero-order chi connectivity index (χ0) is 20.8. The summed E-state index contributed by atoms with van der Waals surface area (Å²) in [4.78, 5) is 26.0. The molecule has 0 spiro atoms. The number of benzene rings is 2. The number of nitrogens with two attached hydrogens (primary N) is 1. The standard InChI is InChI=1S/C22H20N4O3/c23-21(24)17-7-9-19(27)16(12-17)2-1-11-25-22(29)15-5-3-14(4-6-15)18-8-10-20(28)26-13-18/h1-10,12-13,27H,11H2,(H3,23,24)(H,25,29)(H,26,28)/b2-1+. The Morgan fingerprint density at radius 1 is 1.07 bits per heavy atom. The van der Waals surface area contributed by atoms with E-state index >= 15 is 0 Å². The normalized spacial score (nSPS) is 10.8. The van der Waals surface area contributed by atoms with Gasteiger partial charge in [0.2, 0.25) is 5.56 Å². The number of carbonyl (C=O) groups is 1. The number of aromatic nitrogens is 1. The van der Waals surface area contributed by atoms with Crippen LogP contribution in [0.1, 0.15) is 21.5 Å². The van der Waals surface area contributed by atoms with Gasteiger partial charge in [-0.15, -0.1) is 0 Å². The Labute approximate surface area is 167 Å². The van der Waals surface area contributed by atoms with Crippen LogP contribution in [0.2, 0.25) is 0 Å². The molecule has 0 aliphatic rings. The molecule has 3 aromatic rings. The minimum Gasteiger partial charge on any atom is -0.507 e. The Hall–Kier alpha value is -4.13. The van der Waals surface area contributed by atoms with Gasteiger partial charge < -0.3 is 21.1 Å². The molecule has 0 aliphatic heterocycles. The molecule has 0 fully saturated rings. The Bertz CT molecular complexity index is 1110. The lowest BCUT2D eigenvalue weighted by Crippen LogP contribution is -2.23. The number of phenols is 1. The van der Waals surface area contributed by atoms with E-state index in [4.69, 9.17) is 11.1 Å². The van der Waals surface area contributed by atoms with Gasteiger partial charge in [0, 0.05) is 35.5 Å². The maximum atomic E-state index is 12.3. The summed E-state index contributed by atoms with van der Waals surface area (Å²) in [6, 6.07) is 14.8. The highest BCUT2D eigenvalue weighted by atomic mass is 16.3. The molecule has 7 nitrogen and oxygen atoms in total. The lowest BCUT2D eigenvalue weighted by molar-refractivity contribution is 0.0958. The molecule has 0 unspecified atom stereocenters. The first-order chi connectivity index (χ1) is 13.9. The second-order valence-electron chi connectivity index (χ2n) is 6.32. The molecule has 0 radical (unpaired) electrons. The molecule has 1 heterocycles. The summed E-state index contributed by atoms with van der Waals surface area (Å²) in [5.41, 5.74) is 8.55. The van der Waals surface area contributed by atoms with Crippen molar-refractivity contribution in [2.75, 3.05) is 6.54 Å². The zero-order valence-corrected chi connectivity index (χ0v) is 15.5. The number of hydrogen-bond donors (Lipinski definition) is 5. The van der Waals surface area contributed by atoms with Crippen LogP contribution >= 0.6 is 0 Å². The summed E-state index contributed by atoms with van der Waals surface area (Å²) in [7, 11) is 0. The van der Waals surface area contributed by atoms with Crippen molar-refractivity contribution in [1.82, 2.24) is 10.3 Å². The Morgan fingerprint density at radius 3 is 2.41 bits per heavy atom. The molecule has 1 amide bonds. The smallest absolute Gasteiger partial charge is 0.251 e. The first-order valence-electron chi connectivity index (χ1n) is 8.85. The third-order valence-electron chi connectivity index (χ3n) is 4.28. The Morgan fingerprint density at radius 2 is 1.76 bits per heavy atom. The number of rotatable bonds is 6. The largest absolute Gasteiger partial charge is 0.507 e. The quantitative estimate of drug-likeness (QED) is 0.328. The van der Waals surface area contributed by atoms with Crippen LogP contribution in [0.4, 0.5) is 0 Å². The molecule has 0 bridgehead atoms. The fraction of sp³-hybridized carbons (Fsp3) is 0.0455. The van der Waals surface area contributed by atoms with Crippen molar-refractivity contribution in [2.24, 2.45) is 5.73 Å². The van der Waals surface area contributed by atoms with E-state index < -0.39 is 0 Å². The molecule has 1 aromatic heterocycles. The maximum absolute atomic E-state index is 12.3. The molecule has 0 saturated carbocycles. The first-order valence-corrected chi connectivity index (χ1v) is 8.85. The molecule has 7 heteroatoms. The van der Waals surface area contributed by atoms with E-state index in [0.717, 1.165) is 11.1 Å². The van der Waals surface area contributed by atoms with E-state index in [2.05, 4.69) is 10.3 Å². The van der Waals surface area contributed by atoms with Gasteiger partial charge in [0.25, 0.3) is 5.91 Å². The second kappa shape index (κ2) is 8.71. The summed E-state index contributed by atoms with van der Waals surface area (Å²) in [6.07, 6.45) is 4.98. The lowest BCUT2D eigenvalue weighted by atomic mass is 10.1. The van der Waals surface area contributed by atoms with E-state index in [1.54, 1.807) is 48.7 Å². The van der Waals surface area contributed by atoms with Crippen molar-refractivity contribution >= 4 is 17.8 Å². The summed E-state index contributed by atoms with van der Waals surface area (Å²) >= 11 is 0. The number of aromatic hydroxyl groups is 1. The van der Waals surface area contributed by atoms with Gasteiger partial charge >= 0.3 is 0 Å². The van der Waals surface area contributed by atoms with Crippen LogP contribution in [0.15, 0.2) is 71.7 Å². The highest BCUT2D eigenvalue weighted by Crippen LogP contribution is 2.20. The van der Waals surface area contributed by atoms with E-state index in [9.17, 15) is 14.7 Å². The molecule has 6 N–H and O–H groups in total. The van der Waals surface area contributed by atoms with Crippen LogP contribution in [-0.2, 0) is 0 Å². The number of hydrogen-bond acceptors (Lipinski definition) is 4. The molecule has 0 aliphatic carbocycles. The van der Waals surface area contributed by atoms with E-state index in [1.165, 1.54) is 12.1 Å². The van der Waals surface area contributed by atoms with E-state index in [0.29, 0.717) is 16.7 Å². The van der Waals surface area contributed by atoms with Gasteiger partial charge in [0.05, 0.1) is 0 Å². The van der Waals surface area contributed by atoms with E-state index in [-0.39, 0.29) is 29.6 Å². The van der Waals surface area contributed by atoms with E-state index in [1.807, 2.05) is 12.1 Å². The number of pyridine rings is 1. The second-order valence-corrected chi connectivity index (χ2v) is 6.32. The third-order valence-corrected chi connectivity index (χ3v) is 4.28. The average molecular weight is 388 g/mol. The maximum Gasteiger partial charge on any atom is 0.251 e. The minimum absolute atomic E-state index is 0.0652. The van der Waals surface area contributed by atoms with Crippen molar-refractivity contribution < 1.29 is 9.90 Å². The molecule has 0 saturated heterocycles. The molecule has 2 aromatic carbocycles.